The number of nitrogens with zero attached hydrogens (tertiary/aromatic N) is 2. The molecule has 2 rings (SSSR count). The Kier molecular flexibility index (Phi) is 3.09. The van der Waals surface area contributed by atoms with Gasteiger partial charge in [0.15, 0.2) is 5.69 Å². The Morgan fingerprint density at radius 3 is 2.67 bits per heavy atom. The largest absolute Gasteiger partial charge is 0.476 e. The summed E-state index contributed by atoms with van der Waals surface area (Å²) in [4.78, 5) is 10.8. The van der Waals surface area contributed by atoms with Crippen molar-refractivity contribution in [2.45, 2.75) is 6.92 Å². The monoisotopic (exact) mass is 268 g/mol. The van der Waals surface area contributed by atoms with Gasteiger partial charge in [0, 0.05) is 17.6 Å². The number of carbonyl (C=O) groups is 1. The topological polar surface area (TPSA) is 55.1 Å². The summed E-state index contributed by atoms with van der Waals surface area (Å²) in [6.07, 6.45) is 0. The summed E-state index contributed by atoms with van der Waals surface area (Å²) in [7, 11) is 1.55. The van der Waals surface area contributed by atoms with E-state index in [1.54, 1.807) is 14.0 Å². The van der Waals surface area contributed by atoms with Gasteiger partial charge in [-0.15, -0.1) is 0 Å². The standard InChI is InChI=1S/C12H10ClFN2O2/c1-6-3-7(13)4-8(11(6)14)10-5-9(12(17)18)15-16(10)2/h3-5H,1-2H3,(H,17,18). The van der Waals surface area contributed by atoms with E-state index in [1.165, 1.54) is 22.9 Å². The van der Waals surface area contributed by atoms with Crippen molar-refractivity contribution in [3.8, 4) is 11.3 Å². The molecule has 4 nitrogen and oxygen atoms in total. The van der Waals surface area contributed by atoms with Gasteiger partial charge in [-0.25, -0.2) is 9.18 Å². The molecule has 6 heteroatoms. The number of rotatable bonds is 2. The maximum atomic E-state index is 14.0. The van der Waals surface area contributed by atoms with Crippen LogP contribution in [0.2, 0.25) is 5.02 Å². The molecule has 1 N–H and O–H groups in total. The Bertz CT molecular complexity index is 637. The maximum absolute atomic E-state index is 14.0. The number of benzene rings is 1. The fraction of sp³-hybridized carbons (Fsp3) is 0.167. The average Bonchev–Trinajstić information content (AvgIpc) is 2.66. The average molecular weight is 269 g/mol. The third-order valence-corrected chi connectivity index (χ3v) is 2.81. The number of halogens is 2. The zero-order valence-electron chi connectivity index (χ0n) is 9.74. The van der Waals surface area contributed by atoms with Crippen LogP contribution in [0.3, 0.4) is 0 Å². The van der Waals surface area contributed by atoms with Crippen molar-refractivity contribution in [2.75, 3.05) is 0 Å². The lowest BCUT2D eigenvalue weighted by Gasteiger charge is -2.06. The van der Waals surface area contributed by atoms with E-state index in [0.29, 0.717) is 16.3 Å². The van der Waals surface area contributed by atoms with Gasteiger partial charge in [0.1, 0.15) is 5.82 Å². The van der Waals surface area contributed by atoms with Crippen molar-refractivity contribution in [1.82, 2.24) is 9.78 Å². The van der Waals surface area contributed by atoms with Gasteiger partial charge in [-0.1, -0.05) is 11.6 Å². The van der Waals surface area contributed by atoms with Crippen LogP contribution in [0.5, 0.6) is 0 Å². The van der Waals surface area contributed by atoms with Crippen molar-refractivity contribution in [1.29, 1.82) is 0 Å². The van der Waals surface area contributed by atoms with Gasteiger partial charge in [-0.2, -0.15) is 5.10 Å². The van der Waals surface area contributed by atoms with Crippen molar-refractivity contribution < 1.29 is 14.3 Å². The quantitative estimate of drug-likeness (QED) is 0.911. The van der Waals surface area contributed by atoms with Crippen LogP contribution in [-0.4, -0.2) is 20.9 Å². The van der Waals surface area contributed by atoms with Crippen molar-refractivity contribution in [2.24, 2.45) is 7.05 Å². The minimum Gasteiger partial charge on any atom is -0.476 e. The van der Waals surface area contributed by atoms with Crippen LogP contribution in [0.4, 0.5) is 4.39 Å². The first-order chi connectivity index (χ1) is 8.40. The number of hydrogen-bond acceptors (Lipinski definition) is 2. The number of aromatic nitrogens is 2. The predicted molar refractivity (Wildman–Crippen MR) is 65.3 cm³/mol. The van der Waals surface area contributed by atoms with E-state index in [0.717, 1.165) is 0 Å². The van der Waals surface area contributed by atoms with E-state index in [1.807, 2.05) is 0 Å². The SMILES string of the molecule is Cc1cc(Cl)cc(-c2cc(C(=O)O)nn2C)c1F. The zero-order valence-corrected chi connectivity index (χ0v) is 10.5. The van der Waals surface area contributed by atoms with E-state index in [2.05, 4.69) is 5.10 Å². The lowest BCUT2D eigenvalue weighted by Crippen LogP contribution is -2.00. The van der Waals surface area contributed by atoms with Gasteiger partial charge in [0.2, 0.25) is 0 Å². The fourth-order valence-corrected chi connectivity index (χ4v) is 2.01. The summed E-state index contributed by atoms with van der Waals surface area (Å²) in [5.74, 6) is -1.59. The third-order valence-electron chi connectivity index (χ3n) is 2.59. The van der Waals surface area contributed by atoms with E-state index in [9.17, 15) is 9.18 Å². The molecular weight excluding hydrogens is 259 g/mol. The van der Waals surface area contributed by atoms with Gasteiger partial charge in [0.25, 0.3) is 0 Å². The molecule has 0 spiro atoms. The Hall–Kier alpha value is -1.88. The molecule has 18 heavy (non-hydrogen) atoms. The highest BCUT2D eigenvalue weighted by Gasteiger charge is 2.17. The van der Waals surface area contributed by atoms with E-state index < -0.39 is 11.8 Å². The summed E-state index contributed by atoms with van der Waals surface area (Å²) in [5, 5.41) is 13.0. The van der Waals surface area contributed by atoms with Crippen LogP contribution in [0, 0.1) is 12.7 Å². The molecule has 0 aliphatic heterocycles. The minimum absolute atomic E-state index is 0.135. The lowest BCUT2D eigenvalue weighted by atomic mass is 10.1. The highest BCUT2D eigenvalue weighted by atomic mass is 35.5. The number of carboxylic acid groups (broad SMARTS) is 1. The number of hydrogen-bond donors (Lipinski definition) is 1. The first-order valence-electron chi connectivity index (χ1n) is 5.13. The highest BCUT2D eigenvalue weighted by Crippen LogP contribution is 2.28. The van der Waals surface area contributed by atoms with Crippen LogP contribution >= 0.6 is 11.6 Å². The second-order valence-electron chi connectivity index (χ2n) is 3.93. The number of aryl methyl sites for hydroxylation is 2. The smallest absolute Gasteiger partial charge is 0.356 e. The first kappa shape index (κ1) is 12.6. The van der Waals surface area contributed by atoms with Crippen LogP contribution < -0.4 is 0 Å². The number of aromatic carboxylic acids is 1. The second-order valence-corrected chi connectivity index (χ2v) is 4.36. The van der Waals surface area contributed by atoms with Gasteiger partial charge < -0.3 is 5.11 Å². The molecule has 0 unspecified atom stereocenters. The van der Waals surface area contributed by atoms with Gasteiger partial charge in [0.05, 0.1) is 5.69 Å². The Morgan fingerprint density at radius 1 is 1.44 bits per heavy atom. The summed E-state index contributed by atoms with van der Waals surface area (Å²) < 4.78 is 15.3. The molecule has 1 aromatic carbocycles. The van der Waals surface area contributed by atoms with E-state index in [-0.39, 0.29) is 11.3 Å². The lowest BCUT2D eigenvalue weighted by molar-refractivity contribution is 0.0689. The van der Waals surface area contributed by atoms with Crippen molar-refractivity contribution >= 4 is 17.6 Å². The molecule has 1 aromatic heterocycles. The summed E-state index contributed by atoms with van der Waals surface area (Å²) in [5.41, 5.74) is 0.873. The molecule has 0 radical (unpaired) electrons. The molecule has 94 valence electrons. The van der Waals surface area contributed by atoms with Crippen molar-refractivity contribution in [3.05, 3.63) is 40.3 Å². The molecule has 2 aromatic rings. The summed E-state index contributed by atoms with van der Waals surface area (Å²) >= 11 is 5.88. The van der Waals surface area contributed by atoms with Crippen LogP contribution in [-0.2, 0) is 7.05 Å². The minimum atomic E-state index is -1.16. The molecule has 0 saturated heterocycles. The molecule has 0 aliphatic carbocycles. The molecule has 0 atom stereocenters. The molecule has 0 aliphatic rings. The molecule has 0 amide bonds. The van der Waals surface area contributed by atoms with Crippen LogP contribution in [0.15, 0.2) is 18.2 Å². The molecular formula is C12H10ClFN2O2. The predicted octanol–water partition coefficient (Wildman–Crippen LogP) is 2.89. The molecule has 1 heterocycles. The third kappa shape index (κ3) is 2.09. The van der Waals surface area contributed by atoms with Crippen LogP contribution in [0.25, 0.3) is 11.3 Å². The maximum Gasteiger partial charge on any atom is 0.356 e. The highest BCUT2D eigenvalue weighted by molar-refractivity contribution is 6.31. The molecule has 0 bridgehead atoms. The molecule has 0 fully saturated rings. The van der Waals surface area contributed by atoms with Gasteiger partial charge >= 0.3 is 5.97 Å². The Labute approximate surface area is 108 Å². The van der Waals surface area contributed by atoms with E-state index >= 15 is 0 Å². The first-order valence-corrected chi connectivity index (χ1v) is 5.51. The van der Waals surface area contributed by atoms with Gasteiger partial charge in [-0.05, 0) is 30.7 Å². The summed E-state index contributed by atoms with van der Waals surface area (Å²) in [6.45, 7) is 1.60. The Balaban J connectivity index is 2.65. The Morgan fingerprint density at radius 2 is 2.11 bits per heavy atom. The summed E-state index contributed by atoms with van der Waals surface area (Å²) in [6, 6.07) is 4.28. The molecule has 0 saturated carbocycles. The van der Waals surface area contributed by atoms with Gasteiger partial charge in [-0.3, -0.25) is 4.68 Å². The number of carboxylic acids is 1. The second kappa shape index (κ2) is 4.42. The normalized spacial score (nSPS) is 10.7. The van der Waals surface area contributed by atoms with Crippen molar-refractivity contribution in [3.63, 3.8) is 0 Å². The van der Waals surface area contributed by atoms with Crippen LogP contribution in [0.1, 0.15) is 16.1 Å². The zero-order chi connectivity index (χ0) is 13.4. The fourth-order valence-electron chi connectivity index (χ4n) is 1.74. The van der Waals surface area contributed by atoms with E-state index in [4.69, 9.17) is 16.7 Å².